The molecular formula is C24H25N5O4. The van der Waals surface area contributed by atoms with Crippen LogP contribution in [-0.2, 0) is 0 Å². The van der Waals surface area contributed by atoms with E-state index in [9.17, 15) is 9.59 Å². The number of anilines is 1. The lowest BCUT2D eigenvalue weighted by Gasteiger charge is -2.39. The summed E-state index contributed by atoms with van der Waals surface area (Å²) in [5.41, 5.74) is 3.00. The summed E-state index contributed by atoms with van der Waals surface area (Å²) >= 11 is 0. The molecule has 0 spiro atoms. The largest absolute Gasteiger partial charge is 0.487 e. The maximum absolute atomic E-state index is 12.6. The first-order chi connectivity index (χ1) is 16.0. The van der Waals surface area contributed by atoms with Crippen molar-refractivity contribution in [3.8, 4) is 5.75 Å². The summed E-state index contributed by atoms with van der Waals surface area (Å²) in [5.74, 6) is 1.49. The van der Waals surface area contributed by atoms with Gasteiger partial charge in [0, 0.05) is 37.1 Å². The lowest BCUT2D eigenvalue weighted by molar-refractivity contribution is 0.0176. The number of hydrogen-bond acceptors (Lipinski definition) is 6. The Hall–Kier alpha value is -3.88. The second kappa shape index (κ2) is 8.57. The summed E-state index contributed by atoms with van der Waals surface area (Å²) in [5, 5.41) is 6.76. The van der Waals surface area contributed by atoms with Crippen LogP contribution in [0.15, 0.2) is 53.3 Å². The lowest BCUT2D eigenvalue weighted by Crippen LogP contribution is -2.56. The number of ether oxygens (including phenoxy) is 1. The number of amides is 3. The number of likely N-dealkylation sites (tertiary alicyclic amines) is 2. The predicted molar refractivity (Wildman–Crippen MR) is 120 cm³/mol. The number of carbonyl (C=O) groups is 2. The van der Waals surface area contributed by atoms with Crippen molar-refractivity contribution in [3.63, 3.8) is 0 Å². The van der Waals surface area contributed by atoms with Gasteiger partial charge in [-0.3, -0.25) is 9.78 Å². The predicted octanol–water partition coefficient (Wildman–Crippen LogP) is 3.22. The van der Waals surface area contributed by atoms with Gasteiger partial charge in [0.2, 0.25) is 0 Å². The molecule has 9 nitrogen and oxygen atoms in total. The van der Waals surface area contributed by atoms with Gasteiger partial charge in [0.05, 0.1) is 18.8 Å². The van der Waals surface area contributed by atoms with E-state index in [-0.39, 0.29) is 18.0 Å². The van der Waals surface area contributed by atoms with Crippen molar-refractivity contribution in [2.75, 3.05) is 31.5 Å². The summed E-state index contributed by atoms with van der Waals surface area (Å²) in [6.45, 7) is 5.89. The third-order valence-electron chi connectivity index (χ3n) is 6.12. The summed E-state index contributed by atoms with van der Waals surface area (Å²) in [6, 6.07) is 11.1. The van der Waals surface area contributed by atoms with Crippen molar-refractivity contribution in [1.82, 2.24) is 19.9 Å². The highest BCUT2D eigenvalue weighted by Crippen LogP contribution is 2.27. The lowest BCUT2D eigenvalue weighted by atomic mass is 9.93. The zero-order chi connectivity index (χ0) is 22.9. The number of nitrogens with one attached hydrogen (secondary N) is 1. The van der Waals surface area contributed by atoms with Crippen LogP contribution in [0.25, 0.3) is 0 Å². The Bertz CT molecular complexity index is 1130. The highest BCUT2D eigenvalue weighted by Gasteiger charge is 2.35. The second-order valence-corrected chi connectivity index (χ2v) is 8.49. The Morgan fingerprint density at radius 3 is 2.45 bits per heavy atom. The van der Waals surface area contributed by atoms with Crippen LogP contribution >= 0.6 is 0 Å². The minimum absolute atomic E-state index is 0.0691. The summed E-state index contributed by atoms with van der Waals surface area (Å²) in [6.07, 6.45) is 3.54. The van der Waals surface area contributed by atoms with E-state index in [0.717, 1.165) is 5.56 Å². The molecular weight excluding hydrogens is 422 g/mol. The standard InChI is InChI=1S/C24H25N5O4/c1-15-22(16(2)33-27-15)23(30)28-13-21(14-28)32-20-7-5-19(6-8-20)26-24(31)29-11-18(12-29)17-4-3-9-25-10-17/h3-10,18,21H,11-14H2,1-2H3,(H,26,31). The monoisotopic (exact) mass is 447 g/mol. The Kier molecular flexibility index (Phi) is 5.45. The van der Waals surface area contributed by atoms with Crippen molar-refractivity contribution in [3.05, 3.63) is 71.4 Å². The van der Waals surface area contributed by atoms with E-state index in [1.54, 1.807) is 29.8 Å². The third-order valence-corrected chi connectivity index (χ3v) is 6.12. The van der Waals surface area contributed by atoms with E-state index in [2.05, 4.69) is 15.5 Å². The molecule has 4 heterocycles. The number of aromatic nitrogens is 2. The van der Waals surface area contributed by atoms with Crippen LogP contribution in [0.4, 0.5) is 10.5 Å². The molecule has 0 radical (unpaired) electrons. The minimum Gasteiger partial charge on any atom is -0.487 e. The first kappa shape index (κ1) is 21.0. The van der Waals surface area contributed by atoms with Crippen LogP contribution < -0.4 is 10.1 Å². The Morgan fingerprint density at radius 2 is 1.82 bits per heavy atom. The number of hydrogen-bond donors (Lipinski definition) is 1. The molecule has 9 heteroatoms. The van der Waals surface area contributed by atoms with Crippen LogP contribution in [0.5, 0.6) is 5.75 Å². The average Bonchev–Trinajstić information content (AvgIpc) is 3.09. The number of benzene rings is 1. The molecule has 2 aliphatic heterocycles. The molecule has 0 aliphatic carbocycles. The smallest absolute Gasteiger partial charge is 0.321 e. The van der Waals surface area contributed by atoms with Crippen molar-refractivity contribution >= 4 is 17.6 Å². The zero-order valence-electron chi connectivity index (χ0n) is 18.5. The quantitative estimate of drug-likeness (QED) is 0.645. The van der Waals surface area contributed by atoms with Gasteiger partial charge >= 0.3 is 6.03 Å². The molecule has 5 rings (SSSR count). The number of rotatable bonds is 5. The van der Waals surface area contributed by atoms with Gasteiger partial charge in [-0.2, -0.15) is 0 Å². The summed E-state index contributed by atoms with van der Waals surface area (Å²) in [7, 11) is 0. The van der Waals surface area contributed by atoms with Crippen molar-refractivity contribution < 1.29 is 18.8 Å². The first-order valence-electron chi connectivity index (χ1n) is 10.9. The summed E-state index contributed by atoms with van der Waals surface area (Å²) in [4.78, 5) is 32.7. The van der Waals surface area contributed by atoms with Crippen molar-refractivity contribution in [1.29, 1.82) is 0 Å². The van der Waals surface area contributed by atoms with E-state index in [4.69, 9.17) is 9.26 Å². The number of nitrogens with zero attached hydrogens (tertiary/aromatic N) is 4. The number of aryl methyl sites for hydroxylation is 2. The Balaban J connectivity index is 1.07. The number of urea groups is 1. The molecule has 3 aromatic rings. The summed E-state index contributed by atoms with van der Waals surface area (Å²) < 4.78 is 11.0. The Morgan fingerprint density at radius 1 is 1.06 bits per heavy atom. The van der Waals surface area contributed by atoms with E-state index in [0.29, 0.717) is 60.6 Å². The molecule has 2 saturated heterocycles. The van der Waals surface area contributed by atoms with Crippen LogP contribution in [0, 0.1) is 13.8 Å². The molecule has 33 heavy (non-hydrogen) atoms. The minimum atomic E-state index is -0.115. The molecule has 2 aromatic heterocycles. The molecule has 2 aliphatic rings. The molecule has 0 atom stereocenters. The zero-order valence-corrected chi connectivity index (χ0v) is 18.5. The van der Waals surface area contributed by atoms with E-state index in [1.165, 1.54) is 0 Å². The van der Waals surface area contributed by atoms with Gasteiger partial charge in [-0.15, -0.1) is 0 Å². The topological polar surface area (TPSA) is 101 Å². The number of carbonyl (C=O) groups excluding carboxylic acids is 2. The number of pyridine rings is 1. The molecule has 1 aromatic carbocycles. The maximum atomic E-state index is 12.6. The van der Waals surface area contributed by atoms with Crippen LogP contribution in [0.1, 0.15) is 33.3 Å². The molecule has 0 bridgehead atoms. The van der Waals surface area contributed by atoms with Crippen LogP contribution in [-0.4, -0.2) is 64.2 Å². The molecule has 1 N–H and O–H groups in total. The van der Waals surface area contributed by atoms with Gasteiger partial charge in [-0.25, -0.2) is 4.79 Å². The molecule has 3 amide bonds. The molecule has 0 saturated carbocycles. The van der Waals surface area contributed by atoms with E-state index < -0.39 is 0 Å². The van der Waals surface area contributed by atoms with Gasteiger partial charge in [0.1, 0.15) is 23.2 Å². The fourth-order valence-corrected chi connectivity index (χ4v) is 4.11. The average molecular weight is 447 g/mol. The van der Waals surface area contributed by atoms with Gasteiger partial charge in [-0.05, 0) is 49.7 Å². The first-order valence-corrected chi connectivity index (χ1v) is 10.9. The van der Waals surface area contributed by atoms with Crippen molar-refractivity contribution in [2.45, 2.75) is 25.9 Å². The normalized spacial score (nSPS) is 16.2. The fraction of sp³-hybridized carbons (Fsp3) is 0.333. The van der Waals surface area contributed by atoms with Crippen LogP contribution in [0.3, 0.4) is 0 Å². The molecule has 2 fully saturated rings. The van der Waals surface area contributed by atoms with Gasteiger partial charge in [-0.1, -0.05) is 11.2 Å². The van der Waals surface area contributed by atoms with Gasteiger partial charge < -0.3 is 24.4 Å². The molecule has 170 valence electrons. The molecule has 0 unspecified atom stereocenters. The SMILES string of the molecule is Cc1noc(C)c1C(=O)N1CC(Oc2ccc(NC(=O)N3CC(c4cccnc4)C3)cc2)C1. The van der Waals surface area contributed by atoms with Crippen LogP contribution in [0.2, 0.25) is 0 Å². The third kappa shape index (κ3) is 4.26. The van der Waals surface area contributed by atoms with Gasteiger partial charge in [0.25, 0.3) is 5.91 Å². The maximum Gasteiger partial charge on any atom is 0.321 e. The Labute approximate surface area is 191 Å². The van der Waals surface area contributed by atoms with E-state index in [1.807, 2.05) is 42.6 Å². The second-order valence-electron chi connectivity index (χ2n) is 8.49. The highest BCUT2D eigenvalue weighted by molar-refractivity contribution is 5.96. The fourth-order valence-electron chi connectivity index (χ4n) is 4.11. The van der Waals surface area contributed by atoms with Crippen molar-refractivity contribution in [2.24, 2.45) is 0 Å². The highest BCUT2D eigenvalue weighted by atomic mass is 16.5. The van der Waals surface area contributed by atoms with Gasteiger partial charge in [0.15, 0.2) is 0 Å². The van der Waals surface area contributed by atoms with E-state index >= 15 is 0 Å².